The number of benzene rings is 1. The molecule has 66 heavy (non-hydrogen) atoms. The Hall–Kier alpha value is -6.68. The Bertz CT molecular complexity index is 2190. The number of nitrogens with zero attached hydrogens (tertiary/aromatic N) is 14. The van der Waals surface area contributed by atoms with Gasteiger partial charge in [0.15, 0.2) is 5.96 Å². The van der Waals surface area contributed by atoms with Gasteiger partial charge in [-0.1, -0.05) is 28.5 Å². The fraction of sp³-hybridized carbons (Fsp3) is 0.571. The third-order valence-electron chi connectivity index (χ3n) is 10.9. The number of aromatic hydroxyl groups is 1. The molecule has 2 saturated heterocycles. The number of anilines is 3. The Kier molecular flexibility index (Phi) is 18.6. The molecule has 1 aromatic carbocycles. The maximum Gasteiger partial charge on any atom is 0.247 e. The van der Waals surface area contributed by atoms with Crippen molar-refractivity contribution in [3.63, 3.8) is 0 Å². The predicted molar refractivity (Wildman–Crippen MR) is 243 cm³/mol. The molecule has 2 aliphatic heterocycles. The van der Waals surface area contributed by atoms with Crippen LogP contribution in [0.2, 0.25) is 0 Å². The number of nitrogens with two attached hydrogens (primary N) is 2. The van der Waals surface area contributed by atoms with Crippen LogP contribution >= 0.6 is 0 Å². The van der Waals surface area contributed by atoms with E-state index in [4.69, 9.17) is 47.1 Å². The molecule has 24 nitrogen and oxygen atoms in total. The summed E-state index contributed by atoms with van der Waals surface area (Å²) in [5, 5.41) is 39.5. The molecule has 2 aliphatic rings. The molecular weight excluding hydrogens is 855 g/mol. The summed E-state index contributed by atoms with van der Waals surface area (Å²) in [6.45, 7) is 8.41. The standard InChI is InChI=1S/C42H61N17O7/c1-3-22-64-24-26-66-27-25-65-23-12-46-40-47-41(56-17-13-54(14-18-56)37(62)31(2)58-29-33(50-52-58)5-4-11-45-39(43)44)49-42(48-40)57-19-15-55(16-20-57)38(63)36(28-32-6-8-35(61)9-7-32)59-30-34(10-21-60)51-53-59/h1,6-9,29-31,36,60-61H,4-5,10-28H2,2H3,(H4,43,44,45)(H,46,47,48,49)/t31-,36-/m0/s1. The lowest BCUT2D eigenvalue weighted by atomic mass is 10.0. The molecule has 3 aromatic heterocycles. The van der Waals surface area contributed by atoms with Gasteiger partial charge in [-0.05, 0) is 37.5 Å². The molecule has 0 radical (unpaired) electrons. The van der Waals surface area contributed by atoms with Crippen LogP contribution in [0.3, 0.4) is 0 Å². The number of hydrogen-bond acceptors (Lipinski definition) is 18. The number of phenols is 1. The summed E-state index contributed by atoms with van der Waals surface area (Å²) >= 11 is 0. The Labute approximate surface area is 383 Å². The van der Waals surface area contributed by atoms with Gasteiger partial charge in [-0.15, -0.1) is 16.6 Å². The number of phenolic OH excluding ortho intramolecular Hbond substituents is 1. The van der Waals surface area contributed by atoms with Crippen LogP contribution in [0, 0.1) is 12.3 Å². The van der Waals surface area contributed by atoms with E-state index in [1.165, 1.54) is 0 Å². The minimum Gasteiger partial charge on any atom is -0.508 e. The molecule has 2 fully saturated rings. The number of aliphatic hydroxyl groups is 1. The number of aromatic nitrogens is 9. The molecule has 2 amide bonds. The zero-order valence-corrected chi connectivity index (χ0v) is 37.4. The van der Waals surface area contributed by atoms with E-state index in [0.717, 1.165) is 11.3 Å². The number of ether oxygens (including phenoxy) is 3. The number of nitrogens with one attached hydrogen (secondary N) is 1. The maximum absolute atomic E-state index is 14.2. The van der Waals surface area contributed by atoms with E-state index in [1.54, 1.807) is 50.9 Å². The van der Waals surface area contributed by atoms with Crippen LogP contribution in [0.5, 0.6) is 5.75 Å². The first-order chi connectivity index (χ1) is 32.1. The number of piperazine rings is 2. The predicted octanol–water partition coefficient (Wildman–Crippen LogP) is -1.36. The van der Waals surface area contributed by atoms with E-state index in [1.807, 2.05) is 21.6 Å². The van der Waals surface area contributed by atoms with Gasteiger partial charge in [0.25, 0.3) is 0 Å². The van der Waals surface area contributed by atoms with Crippen molar-refractivity contribution in [2.75, 3.05) is 127 Å². The molecule has 0 saturated carbocycles. The highest BCUT2D eigenvalue weighted by Crippen LogP contribution is 2.24. The van der Waals surface area contributed by atoms with E-state index < -0.39 is 12.1 Å². The molecule has 0 spiro atoms. The number of carbonyl (C=O) groups excluding carboxylic acids is 2. The number of aliphatic imine (C=N–C) groups is 1. The molecule has 2 atom stereocenters. The quantitative estimate of drug-likeness (QED) is 0.0222. The minimum absolute atomic E-state index is 0.0443. The van der Waals surface area contributed by atoms with Crippen molar-refractivity contribution < 1.29 is 34.0 Å². The fourth-order valence-corrected chi connectivity index (χ4v) is 7.29. The van der Waals surface area contributed by atoms with Crippen LogP contribution < -0.4 is 26.6 Å². The van der Waals surface area contributed by atoms with Gasteiger partial charge in [0, 0.05) is 97.3 Å². The van der Waals surface area contributed by atoms with Gasteiger partial charge in [0.1, 0.15) is 24.4 Å². The second kappa shape index (κ2) is 25.1. The molecule has 356 valence electrons. The summed E-state index contributed by atoms with van der Waals surface area (Å²) in [5.41, 5.74) is 13.0. The second-order valence-electron chi connectivity index (χ2n) is 15.6. The minimum atomic E-state index is -0.697. The molecule has 6 rings (SSSR count). The second-order valence-corrected chi connectivity index (χ2v) is 15.6. The van der Waals surface area contributed by atoms with Gasteiger partial charge in [-0.2, -0.15) is 15.0 Å². The van der Waals surface area contributed by atoms with Gasteiger partial charge >= 0.3 is 0 Å². The third-order valence-corrected chi connectivity index (χ3v) is 10.9. The number of hydrogen-bond donors (Lipinski definition) is 5. The van der Waals surface area contributed by atoms with Gasteiger partial charge < -0.3 is 60.8 Å². The van der Waals surface area contributed by atoms with Crippen LogP contribution in [0.25, 0.3) is 0 Å². The Balaban J connectivity index is 1.09. The molecule has 5 heterocycles. The van der Waals surface area contributed by atoms with Crippen molar-refractivity contribution in [2.45, 2.75) is 44.7 Å². The first-order valence-electron chi connectivity index (χ1n) is 22.1. The topological polar surface area (TPSA) is 292 Å². The summed E-state index contributed by atoms with van der Waals surface area (Å²) in [6.07, 6.45) is 10.6. The molecular formula is C42H61N17O7. The van der Waals surface area contributed by atoms with Gasteiger partial charge in [0.2, 0.25) is 29.7 Å². The number of aryl methyl sites for hydroxylation is 1. The smallest absolute Gasteiger partial charge is 0.247 e. The largest absolute Gasteiger partial charge is 0.508 e. The Morgan fingerprint density at radius 3 is 2.00 bits per heavy atom. The monoisotopic (exact) mass is 915 g/mol. The first-order valence-corrected chi connectivity index (χ1v) is 22.1. The summed E-state index contributed by atoms with van der Waals surface area (Å²) in [5.74, 6) is 3.67. The highest BCUT2D eigenvalue weighted by molar-refractivity contribution is 5.81. The number of amides is 2. The fourth-order valence-electron chi connectivity index (χ4n) is 7.29. The van der Waals surface area contributed by atoms with E-state index in [2.05, 4.69) is 36.9 Å². The van der Waals surface area contributed by atoms with Crippen molar-refractivity contribution in [1.82, 2.24) is 54.7 Å². The van der Waals surface area contributed by atoms with E-state index in [-0.39, 0.29) is 36.7 Å². The van der Waals surface area contributed by atoms with Crippen LogP contribution in [-0.4, -0.2) is 194 Å². The average molecular weight is 916 g/mol. The lowest BCUT2D eigenvalue weighted by Gasteiger charge is -2.38. The number of aliphatic hydroxyl groups excluding tert-OH is 1. The molecule has 7 N–H and O–H groups in total. The highest BCUT2D eigenvalue weighted by Gasteiger charge is 2.32. The molecule has 4 aromatic rings. The number of terminal acetylenes is 1. The zero-order valence-electron chi connectivity index (χ0n) is 37.4. The number of rotatable bonds is 25. The summed E-state index contributed by atoms with van der Waals surface area (Å²) < 4.78 is 19.6. The summed E-state index contributed by atoms with van der Waals surface area (Å²) in [4.78, 5) is 54.1. The van der Waals surface area contributed by atoms with Crippen LogP contribution in [-0.2, 0) is 43.1 Å². The van der Waals surface area contributed by atoms with Crippen LogP contribution in [0.1, 0.15) is 42.4 Å². The van der Waals surface area contributed by atoms with Crippen LogP contribution in [0.4, 0.5) is 17.8 Å². The van der Waals surface area contributed by atoms with Gasteiger partial charge in [-0.25, -0.2) is 9.36 Å². The normalized spacial score (nSPS) is 15.0. The first kappa shape index (κ1) is 48.8. The van der Waals surface area contributed by atoms with Crippen molar-refractivity contribution >= 4 is 35.6 Å². The maximum atomic E-state index is 14.2. The zero-order chi connectivity index (χ0) is 46.7. The molecule has 0 unspecified atom stereocenters. The Morgan fingerprint density at radius 1 is 0.803 bits per heavy atom. The number of guanidine groups is 1. The third kappa shape index (κ3) is 14.4. The van der Waals surface area contributed by atoms with E-state index in [0.29, 0.717) is 148 Å². The lowest BCUT2D eigenvalue weighted by molar-refractivity contribution is -0.136. The molecule has 0 bridgehead atoms. The average Bonchev–Trinajstić information content (AvgIpc) is 4.01. The number of carbonyl (C=O) groups is 2. The molecule has 0 aliphatic carbocycles. The van der Waals surface area contributed by atoms with E-state index in [9.17, 15) is 19.8 Å². The lowest BCUT2D eigenvalue weighted by Crippen LogP contribution is -2.52. The van der Waals surface area contributed by atoms with Crippen molar-refractivity contribution in [3.05, 3.63) is 53.6 Å². The van der Waals surface area contributed by atoms with E-state index >= 15 is 0 Å². The molecule has 24 heteroatoms. The van der Waals surface area contributed by atoms with Crippen LogP contribution in [0.15, 0.2) is 41.7 Å². The Morgan fingerprint density at radius 2 is 1.38 bits per heavy atom. The van der Waals surface area contributed by atoms with Crippen molar-refractivity contribution in [2.24, 2.45) is 16.5 Å². The van der Waals surface area contributed by atoms with Crippen molar-refractivity contribution in [1.29, 1.82) is 0 Å². The van der Waals surface area contributed by atoms with Crippen molar-refractivity contribution in [3.8, 4) is 18.1 Å². The summed E-state index contributed by atoms with van der Waals surface area (Å²) in [6, 6.07) is 5.48. The van der Waals surface area contributed by atoms with Gasteiger partial charge in [-0.3, -0.25) is 14.6 Å². The SMILES string of the molecule is C#CCOCCOCCOCCNc1nc(N2CCN(C(=O)[C@H](C)n3cc(CCCN=C(N)N)nn3)CC2)nc(N2CCN(C(=O)[C@H](Cc3ccc(O)cc3)n3cc(CCO)nn3)CC2)n1. The highest BCUT2D eigenvalue weighted by atomic mass is 16.5. The van der Waals surface area contributed by atoms with Gasteiger partial charge in [0.05, 0.1) is 44.4 Å². The summed E-state index contributed by atoms with van der Waals surface area (Å²) in [7, 11) is 0.